The van der Waals surface area contributed by atoms with E-state index in [9.17, 15) is 35.1 Å². The number of rotatable bonds is 6. The van der Waals surface area contributed by atoms with Crippen LogP contribution in [0.3, 0.4) is 0 Å². The Labute approximate surface area is 177 Å². The van der Waals surface area contributed by atoms with Gasteiger partial charge in [0.25, 0.3) is 0 Å². The highest BCUT2D eigenvalue weighted by atomic mass is 19.4. The summed E-state index contributed by atoms with van der Waals surface area (Å²) >= 11 is 0. The summed E-state index contributed by atoms with van der Waals surface area (Å²) in [6.45, 7) is 2.50. The minimum Gasteiger partial charge on any atom is -0.429 e. The van der Waals surface area contributed by atoms with Crippen molar-refractivity contribution in [2.75, 3.05) is 13.2 Å². The van der Waals surface area contributed by atoms with Gasteiger partial charge in [0, 0.05) is 17.5 Å². The molecule has 0 atom stereocenters. The molecule has 3 rings (SSSR count). The first-order valence-corrected chi connectivity index (χ1v) is 9.58. The summed E-state index contributed by atoms with van der Waals surface area (Å²) < 4.78 is 124. The minimum atomic E-state index is -5.06. The number of halogens is 8. The Bertz CT molecular complexity index is 930. The van der Waals surface area contributed by atoms with Gasteiger partial charge in [0.05, 0.1) is 18.8 Å². The van der Waals surface area contributed by atoms with Gasteiger partial charge in [0.1, 0.15) is 28.8 Å². The Balaban J connectivity index is 1.80. The largest absolute Gasteiger partial charge is 0.432 e. The van der Waals surface area contributed by atoms with E-state index in [4.69, 9.17) is 9.47 Å². The third-order valence-corrected chi connectivity index (χ3v) is 4.78. The van der Waals surface area contributed by atoms with Crippen LogP contribution in [0.25, 0.3) is 0 Å². The van der Waals surface area contributed by atoms with E-state index in [0.717, 1.165) is 12.8 Å². The quantitative estimate of drug-likeness (QED) is 0.439. The zero-order valence-electron chi connectivity index (χ0n) is 16.6. The monoisotopic (exact) mass is 470 g/mol. The maximum Gasteiger partial charge on any atom is 0.432 e. The molecule has 3 nitrogen and oxygen atoms in total. The predicted octanol–water partition coefficient (Wildman–Crippen LogP) is 6.71. The molecule has 1 saturated heterocycles. The summed E-state index contributed by atoms with van der Waals surface area (Å²) in [6, 6.07) is 1.83. The minimum absolute atomic E-state index is 0.0529. The molecular formula is C21H18F8O3. The van der Waals surface area contributed by atoms with E-state index in [1.54, 1.807) is 0 Å². The molecule has 1 aliphatic heterocycles. The number of hydrogen-bond acceptors (Lipinski definition) is 3. The zero-order chi connectivity index (χ0) is 23.7. The molecule has 176 valence electrons. The van der Waals surface area contributed by atoms with Crippen LogP contribution in [0.2, 0.25) is 0 Å². The van der Waals surface area contributed by atoms with Gasteiger partial charge in [-0.05, 0) is 30.7 Å². The van der Waals surface area contributed by atoms with Gasteiger partial charge < -0.3 is 14.2 Å². The molecule has 2 aromatic carbocycles. The van der Waals surface area contributed by atoms with Crippen LogP contribution in [0.1, 0.15) is 42.7 Å². The summed E-state index contributed by atoms with van der Waals surface area (Å²) in [5.74, 6) is -6.22. The Morgan fingerprint density at radius 3 is 2.00 bits per heavy atom. The molecule has 32 heavy (non-hydrogen) atoms. The van der Waals surface area contributed by atoms with E-state index in [2.05, 4.69) is 4.74 Å². The van der Waals surface area contributed by atoms with E-state index in [0.29, 0.717) is 18.2 Å². The van der Waals surface area contributed by atoms with Gasteiger partial charge in [0.15, 0.2) is 6.29 Å². The smallest absolute Gasteiger partial charge is 0.429 e. The summed E-state index contributed by atoms with van der Waals surface area (Å²) in [6.07, 6.45) is -9.15. The lowest BCUT2D eigenvalue weighted by atomic mass is 10.0. The summed E-state index contributed by atoms with van der Waals surface area (Å²) in [5, 5.41) is 0. The Hall–Kier alpha value is -2.40. The maximum atomic E-state index is 14.4. The molecule has 0 amide bonds. The van der Waals surface area contributed by atoms with Crippen molar-refractivity contribution in [3.05, 3.63) is 64.5 Å². The fourth-order valence-corrected chi connectivity index (χ4v) is 3.31. The van der Waals surface area contributed by atoms with Gasteiger partial charge >= 0.3 is 12.3 Å². The van der Waals surface area contributed by atoms with Crippen molar-refractivity contribution >= 4 is 0 Å². The average molecular weight is 470 g/mol. The SMILES string of the molecule is CCCC1COC(c2cc(F)c(C(F)(F)Oc3ccc(C(F)(F)F)c(F)c3)c(F)c2)OC1. The van der Waals surface area contributed by atoms with Crippen molar-refractivity contribution < 1.29 is 49.3 Å². The third-order valence-electron chi connectivity index (χ3n) is 4.78. The Kier molecular flexibility index (Phi) is 6.99. The standard InChI is InChI=1S/C21H18F8O3/c1-2-3-11-9-30-19(31-10-11)12-6-16(23)18(17(24)7-12)21(28,29)32-13-4-5-14(15(22)8-13)20(25,26)27/h4-8,11,19H,2-3,9-10H2,1H3. The van der Waals surface area contributed by atoms with Crippen LogP contribution in [-0.4, -0.2) is 13.2 Å². The molecule has 1 aliphatic rings. The number of alkyl halides is 5. The van der Waals surface area contributed by atoms with Gasteiger partial charge in [-0.15, -0.1) is 0 Å². The van der Waals surface area contributed by atoms with Crippen LogP contribution >= 0.6 is 0 Å². The predicted molar refractivity (Wildman–Crippen MR) is 95.3 cm³/mol. The van der Waals surface area contributed by atoms with E-state index < -0.39 is 52.9 Å². The molecule has 1 fully saturated rings. The van der Waals surface area contributed by atoms with Crippen molar-refractivity contribution in [3.63, 3.8) is 0 Å². The van der Waals surface area contributed by atoms with Crippen LogP contribution in [0.4, 0.5) is 35.1 Å². The van der Waals surface area contributed by atoms with Crippen molar-refractivity contribution in [2.45, 2.75) is 38.3 Å². The first kappa shape index (κ1) is 24.2. The van der Waals surface area contributed by atoms with E-state index in [1.165, 1.54) is 0 Å². The molecule has 0 unspecified atom stereocenters. The van der Waals surface area contributed by atoms with Crippen LogP contribution < -0.4 is 4.74 Å². The number of hydrogen-bond donors (Lipinski definition) is 0. The molecule has 11 heteroatoms. The molecule has 0 saturated carbocycles. The van der Waals surface area contributed by atoms with Crippen LogP contribution in [0.5, 0.6) is 5.75 Å². The van der Waals surface area contributed by atoms with Gasteiger partial charge in [-0.2, -0.15) is 22.0 Å². The second-order valence-electron chi connectivity index (χ2n) is 7.27. The first-order valence-electron chi connectivity index (χ1n) is 9.58. The first-order chi connectivity index (χ1) is 14.9. The number of benzene rings is 2. The normalized spacial score (nSPS) is 19.8. The van der Waals surface area contributed by atoms with Crippen LogP contribution in [0, 0.1) is 23.4 Å². The fourth-order valence-electron chi connectivity index (χ4n) is 3.31. The third kappa shape index (κ3) is 5.32. The molecule has 1 heterocycles. The van der Waals surface area contributed by atoms with Gasteiger partial charge in [0.2, 0.25) is 0 Å². The lowest BCUT2D eigenvalue weighted by Crippen LogP contribution is -2.28. The van der Waals surface area contributed by atoms with Crippen LogP contribution in [-0.2, 0) is 21.8 Å². The average Bonchev–Trinajstić information content (AvgIpc) is 2.66. The Morgan fingerprint density at radius 1 is 0.906 bits per heavy atom. The van der Waals surface area contributed by atoms with Crippen LogP contribution in [0.15, 0.2) is 30.3 Å². The van der Waals surface area contributed by atoms with Crippen molar-refractivity contribution in [1.82, 2.24) is 0 Å². The molecular weight excluding hydrogens is 452 g/mol. The lowest BCUT2D eigenvalue weighted by Gasteiger charge is -2.30. The van der Waals surface area contributed by atoms with Gasteiger partial charge in [-0.3, -0.25) is 0 Å². The maximum absolute atomic E-state index is 14.4. The highest BCUT2D eigenvalue weighted by Crippen LogP contribution is 2.39. The topological polar surface area (TPSA) is 27.7 Å². The fraction of sp³-hybridized carbons (Fsp3) is 0.429. The molecule has 0 N–H and O–H groups in total. The second kappa shape index (κ2) is 9.22. The molecule has 2 aromatic rings. The van der Waals surface area contributed by atoms with Crippen molar-refractivity contribution in [3.8, 4) is 5.75 Å². The second-order valence-corrected chi connectivity index (χ2v) is 7.27. The summed E-state index contributed by atoms with van der Waals surface area (Å²) in [7, 11) is 0. The molecule has 0 aliphatic carbocycles. The highest BCUT2D eigenvalue weighted by Gasteiger charge is 2.42. The summed E-state index contributed by atoms with van der Waals surface area (Å²) in [4.78, 5) is 0. The molecule has 0 spiro atoms. The molecule has 0 aromatic heterocycles. The van der Waals surface area contributed by atoms with Gasteiger partial charge in [-0.1, -0.05) is 13.3 Å². The van der Waals surface area contributed by atoms with Gasteiger partial charge in [-0.25, -0.2) is 13.2 Å². The van der Waals surface area contributed by atoms with E-state index in [-0.39, 0.29) is 36.8 Å². The number of ether oxygens (including phenoxy) is 3. The molecule has 0 radical (unpaired) electrons. The van der Waals surface area contributed by atoms with E-state index in [1.807, 2.05) is 6.92 Å². The van der Waals surface area contributed by atoms with E-state index >= 15 is 0 Å². The summed E-state index contributed by atoms with van der Waals surface area (Å²) in [5.41, 5.74) is -3.67. The van der Waals surface area contributed by atoms with Crippen molar-refractivity contribution in [2.24, 2.45) is 5.92 Å². The highest BCUT2D eigenvalue weighted by molar-refractivity contribution is 5.33. The zero-order valence-corrected chi connectivity index (χ0v) is 16.6. The Morgan fingerprint density at radius 2 is 1.50 bits per heavy atom. The lowest BCUT2D eigenvalue weighted by molar-refractivity contribution is -0.206. The van der Waals surface area contributed by atoms with Crippen molar-refractivity contribution in [1.29, 1.82) is 0 Å². The molecule has 0 bridgehead atoms.